The molecule has 0 saturated heterocycles. The number of nitrogens with zero attached hydrogens (tertiary/aromatic N) is 2. The van der Waals surface area contributed by atoms with Gasteiger partial charge in [-0.25, -0.2) is 0 Å². The third-order valence-electron chi connectivity index (χ3n) is 19.4. The van der Waals surface area contributed by atoms with Gasteiger partial charge in [0.05, 0.1) is 22.1 Å². The first-order chi connectivity index (χ1) is 38.0. The Labute approximate surface area is 456 Å². The maximum Gasteiger partial charge on any atom is 0.252 e. The summed E-state index contributed by atoms with van der Waals surface area (Å²) in [6, 6.07) is 87.1. The molecule has 11 aromatic carbocycles. The minimum Gasteiger partial charge on any atom is -0.310 e. The molecular formula is C75H55BN2. The number of rotatable bonds is 6. The van der Waals surface area contributed by atoms with Gasteiger partial charge in [0.25, 0.3) is 6.71 Å². The van der Waals surface area contributed by atoms with Gasteiger partial charge in [-0.2, -0.15) is 0 Å². The molecule has 4 aliphatic rings. The molecule has 2 nitrogen and oxygen atoms in total. The van der Waals surface area contributed by atoms with Gasteiger partial charge in [0, 0.05) is 49.4 Å². The molecule has 0 amide bonds. The van der Waals surface area contributed by atoms with Crippen LogP contribution in [0.5, 0.6) is 0 Å². The van der Waals surface area contributed by atoms with Crippen molar-refractivity contribution in [2.24, 2.45) is 0 Å². The highest BCUT2D eigenvalue weighted by molar-refractivity contribution is 7.00. The van der Waals surface area contributed by atoms with Crippen molar-refractivity contribution in [1.29, 1.82) is 0 Å². The molecule has 78 heavy (non-hydrogen) atoms. The molecule has 0 bridgehead atoms. The van der Waals surface area contributed by atoms with E-state index in [1.807, 2.05) is 0 Å². The molecule has 0 atom stereocenters. The summed E-state index contributed by atoms with van der Waals surface area (Å²) in [5, 5.41) is 6.51. The lowest BCUT2D eigenvalue weighted by Crippen LogP contribution is -2.60. The lowest BCUT2D eigenvalue weighted by atomic mass is 9.33. The van der Waals surface area contributed by atoms with Crippen molar-refractivity contribution in [3.8, 4) is 44.9 Å². The van der Waals surface area contributed by atoms with Crippen molar-refractivity contribution < 1.29 is 0 Å². The van der Waals surface area contributed by atoms with Crippen molar-refractivity contribution >= 4 is 66.6 Å². The minimum absolute atomic E-state index is 0.0854. The number of hydrogen-bond acceptors (Lipinski definition) is 0. The standard InChI is InChI=1S/C75H55BN2/c1-44-29-33-46(34-30-44)65-66-53-24-14-13-19-48(53)39-62-72(66)77(68(65)47-35-31-45(2)32-36-47)64-38-37-60-71-67(64)76(62)63-43-52(74(5,6)50-22-11-8-12-23-50)41-57-56-40-51(73(3,4)49-20-9-7-10-21-49)42-61(69(56)78(71)70(57)63)75(60)58-27-17-15-25-54(58)55-26-16-18-28-59(55)75/h7-43H,1-6H3. The minimum atomic E-state index is -0.625. The van der Waals surface area contributed by atoms with E-state index in [1.165, 1.54) is 160 Å². The monoisotopic (exact) mass is 994 g/mol. The van der Waals surface area contributed by atoms with Gasteiger partial charge in [0.15, 0.2) is 0 Å². The van der Waals surface area contributed by atoms with E-state index in [-0.39, 0.29) is 17.5 Å². The van der Waals surface area contributed by atoms with Gasteiger partial charge in [0.2, 0.25) is 0 Å². The van der Waals surface area contributed by atoms with Crippen LogP contribution in [0.4, 0.5) is 0 Å². The predicted molar refractivity (Wildman–Crippen MR) is 328 cm³/mol. The zero-order valence-corrected chi connectivity index (χ0v) is 44.8. The third kappa shape index (κ3) is 5.39. The van der Waals surface area contributed by atoms with Crippen LogP contribution >= 0.6 is 0 Å². The Kier molecular flexibility index (Phi) is 8.61. The molecule has 0 unspecified atom stereocenters. The van der Waals surface area contributed by atoms with Crippen LogP contribution < -0.4 is 16.4 Å². The SMILES string of the molecule is Cc1ccc(-c2c(-c3ccc(C)cc3)n3c4c(cc5ccccc5c24)B2c4c-3ccc3c4-n4c5c2cc(C(C)(C)c2ccccc2)cc5c2cc(C(C)(C)c5ccccc5)cc(c24)C32c3ccccc3-c3ccccc32)cc1. The van der Waals surface area contributed by atoms with Crippen molar-refractivity contribution in [3.63, 3.8) is 0 Å². The molecule has 1 aliphatic carbocycles. The highest BCUT2D eigenvalue weighted by Gasteiger charge is 2.55. The molecule has 5 heterocycles. The second kappa shape index (κ2) is 15.2. The van der Waals surface area contributed by atoms with Crippen LogP contribution in [0, 0.1) is 13.8 Å². The van der Waals surface area contributed by atoms with Crippen LogP contribution in [0.3, 0.4) is 0 Å². The molecule has 17 rings (SSSR count). The third-order valence-corrected chi connectivity index (χ3v) is 19.4. The molecule has 1 spiro atoms. The number of hydrogen-bond donors (Lipinski definition) is 0. The van der Waals surface area contributed by atoms with E-state index in [2.05, 4.69) is 275 Å². The molecule has 13 aromatic rings. The fourth-order valence-electron chi connectivity index (χ4n) is 15.5. The average molecular weight is 995 g/mol. The smallest absolute Gasteiger partial charge is 0.252 e. The van der Waals surface area contributed by atoms with Crippen LogP contribution in [-0.4, -0.2) is 15.8 Å². The normalized spacial score (nSPS) is 14.1. The zero-order valence-electron chi connectivity index (χ0n) is 44.8. The Morgan fingerprint density at radius 2 is 0.936 bits per heavy atom. The van der Waals surface area contributed by atoms with Gasteiger partial charge < -0.3 is 9.13 Å². The number of fused-ring (bicyclic) bond motifs is 13. The van der Waals surface area contributed by atoms with E-state index in [9.17, 15) is 0 Å². The van der Waals surface area contributed by atoms with Crippen LogP contribution in [0.2, 0.25) is 0 Å². The quantitative estimate of drug-likeness (QED) is 0.147. The number of aromatic nitrogens is 2. The fourth-order valence-corrected chi connectivity index (χ4v) is 15.5. The van der Waals surface area contributed by atoms with Crippen LogP contribution in [-0.2, 0) is 16.2 Å². The molecule has 368 valence electrons. The summed E-state index contributed by atoms with van der Waals surface area (Å²) in [6.45, 7) is 14.1. The van der Waals surface area contributed by atoms with Crippen LogP contribution in [0.25, 0.3) is 88.4 Å². The zero-order chi connectivity index (χ0) is 52.1. The Morgan fingerprint density at radius 3 is 1.58 bits per heavy atom. The maximum absolute atomic E-state index is 2.78. The molecule has 3 heteroatoms. The summed E-state index contributed by atoms with van der Waals surface area (Å²) < 4.78 is 5.50. The van der Waals surface area contributed by atoms with Gasteiger partial charge in [0.1, 0.15) is 0 Å². The Bertz CT molecular complexity index is 4730. The lowest BCUT2D eigenvalue weighted by molar-refractivity contribution is 0.637. The number of benzene rings is 11. The van der Waals surface area contributed by atoms with Crippen molar-refractivity contribution in [3.05, 3.63) is 280 Å². The first kappa shape index (κ1) is 44.2. The number of aryl methyl sites for hydroxylation is 2. The summed E-state index contributed by atoms with van der Waals surface area (Å²) >= 11 is 0. The molecule has 2 aromatic heterocycles. The van der Waals surface area contributed by atoms with E-state index in [0.29, 0.717) is 0 Å². The molecule has 0 saturated carbocycles. The molecule has 3 aliphatic heterocycles. The van der Waals surface area contributed by atoms with Crippen LogP contribution in [0.15, 0.2) is 224 Å². The van der Waals surface area contributed by atoms with Gasteiger partial charge >= 0.3 is 0 Å². The van der Waals surface area contributed by atoms with Crippen molar-refractivity contribution in [2.75, 3.05) is 0 Å². The lowest BCUT2D eigenvalue weighted by Gasteiger charge is -2.44. The second-order valence-corrected chi connectivity index (χ2v) is 24.1. The molecular weight excluding hydrogens is 940 g/mol. The van der Waals surface area contributed by atoms with E-state index in [1.54, 1.807) is 0 Å². The Hall–Kier alpha value is -8.92. The van der Waals surface area contributed by atoms with Crippen LogP contribution in [0.1, 0.15) is 83.3 Å². The summed E-state index contributed by atoms with van der Waals surface area (Å²) in [7, 11) is 0. The van der Waals surface area contributed by atoms with Gasteiger partial charge in [-0.05, 0) is 126 Å². The fraction of sp³-hybridized carbons (Fsp3) is 0.120. The topological polar surface area (TPSA) is 9.86 Å². The first-order valence-electron chi connectivity index (χ1n) is 28.0. The highest BCUT2D eigenvalue weighted by atomic mass is 15.1. The Balaban J connectivity index is 1.12. The van der Waals surface area contributed by atoms with E-state index in [0.717, 1.165) is 0 Å². The summed E-state index contributed by atoms with van der Waals surface area (Å²) in [5.74, 6) is 0. The molecule has 0 radical (unpaired) electrons. The highest BCUT2D eigenvalue weighted by Crippen LogP contribution is 2.62. The van der Waals surface area contributed by atoms with E-state index < -0.39 is 5.41 Å². The van der Waals surface area contributed by atoms with Gasteiger partial charge in [-0.1, -0.05) is 245 Å². The molecule has 0 N–H and O–H groups in total. The van der Waals surface area contributed by atoms with Gasteiger partial charge in [-0.15, -0.1) is 0 Å². The largest absolute Gasteiger partial charge is 0.310 e. The first-order valence-corrected chi connectivity index (χ1v) is 28.0. The predicted octanol–water partition coefficient (Wildman–Crippen LogP) is 16.3. The van der Waals surface area contributed by atoms with Gasteiger partial charge in [-0.3, -0.25) is 0 Å². The second-order valence-electron chi connectivity index (χ2n) is 24.1. The summed E-state index contributed by atoms with van der Waals surface area (Å²) in [6.07, 6.45) is 0. The van der Waals surface area contributed by atoms with Crippen molar-refractivity contribution in [2.45, 2.75) is 57.8 Å². The van der Waals surface area contributed by atoms with Crippen molar-refractivity contribution in [1.82, 2.24) is 9.13 Å². The summed E-state index contributed by atoms with van der Waals surface area (Å²) in [4.78, 5) is 0. The molecule has 0 fully saturated rings. The summed E-state index contributed by atoms with van der Waals surface area (Å²) in [5.41, 5.74) is 30.2. The average Bonchev–Trinajstić information content (AvgIpc) is 1.78. The van der Waals surface area contributed by atoms with E-state index >= 15 is 0 Å². The Morgan fingerprint density at radius 1 is 0.397 bits per heavy atom. The van der Waals surface area contributed by atoms with E-state index in [4.69, 9.17) is 0 Å². The maximum atomic E-state index is 2.78.